The minimum Gasteiger partial charge on any atom is -0.491 e. The molecule has 1 aromatic heterocycles. The lowest BCUT2D eigenvalue weighted by molar-refractivity contribution is 0.0613. The Hall–Kier alpha value is -2.60. The number of hydrogen-bond donors (Lipinski definition) is 1. The van der Waals surface area contributed by atoms with E-state index in [0.29, 0.717) is 5.69 Å². The second-order valence-electron chi connectivity index (χ2n) is 7.03. The number of aromatic nitrogens is 1. The largest absolute Gasteiger partial charge is 0.491 e. The average molecular weight is 369 g/mol. The van der Waals surface area contributed by atoms with Crippen LogP contribution in [0.25, 0.3) is 0 Å². The van der Waals surface area contributed by atoms with Crippen LogP contribution in [-0.4, -0.2) is 60.5 Å². The van der Waals surface area contributed by atoms with E-state index in [9.17, 15) is 9.59 Å². The average Bonchev–Trinajstić information content (AvgIpc) is 2.72. The topological polar surface area (TPSA) is 65.6 Å². The smallest absolute Gasteiger partial charge is 0.270 e. The quantitative estimate of drug-likeness (QED) is 0.847. The van der Waals surface area contributed by atoms with E-state index in [4.69, 9.17) is 4.74 Å². The number of carbonyl (C=O) groups excluding carboxylic acids is 1. The standard InChI is InChI=1S/C21H27N3O3/c1-23(21(26)18-13-19(25)20(27-2)14-22-18)17-9-6-11-24(15-17)12-10-16-7-4-3-5-8-16/h3-5,7-8,13-14,17H,6,9-12,15H2,1-2H3,(H,22,25)/t17-/m1/s1. The van der Waals surface area contributed by atoms with Crippen LogP contribution in [0.5, 0.6) is 5.75 Å². The molecule has 1 amide bonds. The Morgan fingerprint density at radius 3 is 2.81 bits per heavy atom. The van der Waals surface area contributed by atoms with Gasteiger partial charge in [-0.2, -0.15) is 0 Å². The molecule has 0 unspecified atom stereocenters. The number of pyridine rings is 1. The van der Waals surface area contributed by atoms with Crippen LogP contribution < -0.4 is 10.2 Å². The lowest BCUT2D eigenvalue weighted by Crippen LogP contribution is -2.49. The van der Waals surface area contributed by atoms with Crippen LogP contribution in [0.4, 0.5) is 0 Å². The number of benzene rings is 1. The van der Waals surface area contributed by atoms with Gasteiger partial charge in [0.1, 0.15) is 5.69 Å². The third-order valence-corrected chi connectivity index (χ3v) is 5.24. The maximum absolute atomic E-state index is 12.8. The molecule has 0 bridgehead atoms. The maximum atomic E-state index is 12.8. The van der Waals surface area contributed by atoms with Crippen LogP contribution >= 0.6 is 0 Å². The molecule has 1 N–H and O–H groups in total. The van der Waals surface area contributed by atoms with Crippen LogP contribution in [-0.2, 0) is 6.42 Å². The molecule has 0 aliphatic carbocycles. The molecule has 144 valence electrons. The highest BCUT2D eigenvalue weighted by atomic mass is 16.5. The number of piperidine rings is 1. The summed E-state index contributed by atoms with van der Waals surface area (Å²) in [6, 6.07) is 11.9. The third kappa shape index (κ3) is 4.77. The van der Waals surface area contributed by atoms with Crippen molar-refractivity contribution in [3.63, 3.8) is 0 Å². The molecule has 0 spiro atoms. The zero-order valence-electron chi connectivity index (χ0n) is 16.0. The lowest BCUT2D eigenvalue weighted by atomic mass is 10.0. The van der Waals surface area contributed by atoms with Gasteiger partial charge in [-0.1, -0.05) is 30.3 Å². The van der Waals surface area contributed by atoms with Crippen LogP contribution in [0.15, 0.2) is 47.4 Å². The molecule has 1 aliphatic heterocycles. The van der Waals surface area contributed by atoms with Crippen molar-refractivity contribution in [2.45, 2.75) is 25.3 Å². The Labute approximate surface area is 159 Å². The van der Waals surface area contributed by atoms with Crippen LogP contribution in [0.3, 0.4) is 0 Å². The Kier molecular flexibility index (Phi) is 6.29. The number of carbonyl (C=O) groups is 1. The number of nitrogens with zero attached hydrogens (tertiary/aromatic N) is 2. The van der Waals surface area contributed by atoms with Crippen molar-refractivity contribution in [3.05, 3.63) is 64.1 Å². The fourth-order valence-corrected chi connectivity index (χ4v) is 3.58. The number of rotatable bonds is 6. The van der Waals surface area contributed by atoms with E-state index in [-0.39, 0.29) is 23.1 Å². The molecular formula is C21H27N3O3. The summed E-state index contributed by atoms with van der Waals surface area (Å²) < 4.78 is 4.96. The van der Waals surface area contributed by atoms with Gasteiger partial charge in [0.2, 0.25) is 5.43 Å². The van der Waals surface area contributed by atoms with Gasteiger partial charge in [-0.3, -0.25) is 9.59 Å². The summed E-state index contributed by atoms with van der Waals surface area (Å²) in [5.74, 6) is 0.0450. The molecule has 0 radical (unpaired) electrons. The second kappa shape index (κ2) is 8.86. The van der Waals surface area contributed by atoms with Gasteiger partial charge >= 0.3 is 0 Å². The highest BCUT2D eigenvalue weighted by Gasteiger charge is 2.27. The van der Waals surface area contributed by atoms with Crippen molar-refractivity contribution in [3.8, 4) is 5.75 Å². The predicted octanol–water partition coefficient (Wildman–Crippen LogP) is 2.16. The number of ether oxygens (including phenoxy) is 1. The number of aromatic amines is 1. The molecule has 0 saturated carbocycles. The van der Waals surface area contributed by atoms with Crippen molar-refractivity contribution >= 4 is 5.91 Å². The summed E-state index contributed by atoms with van der Waals surface area (Å²) in [6.45, 7) is 2.90. The van der Waals surface area contributed by atoms with E-state index in [1.54, 1.807) is 4.90 Å². The predicted molar refractivity (Wildman–Crippen MR) is 105 cm³/mol. The number of H-pyrrole nitrogens is 1. The Bertz CT molecular complexity index is 819. The first kappa shape index (κ1) is 19.2. The van der Waals surface area contributed by atoms with Gasteiger partial charge in [-0.15, -0.1) is 0 Å². The van der Waals surface area contributed by atoms with E-state index < -0.39 is 0 Å². The molecule has 2 aromatic rings. The first-order valence-corrected chi connectivity index (χ1v) is 9.38. The molecule has 2 heterocycles. The first-order valence-electron chi connectivity index (χ1n) is 9.38. The van der Waals surface area contributed by atoms with E-state index >= 15 is 0 Å². The Morgan fingerprint density at radius 1 is 1.33 bits per heavy atom. The summed E-state index contributed by atoms with van der Waals surface area (Å²) in [4.78, 5) is 31.8. The van der Waals surface area contributed by atoms with Gasteiger partial charge in [-0.25, -0.2) is 0 Å². The van der Waals surface area contributed by atoms with Gasteiger partial charge in [-0.05, 0) is 31.4 Å². The first-order chi connectivity index (χ1) is 13.1. The molecule has 1 aromatic carbocycles. The number of amides is 1. The summed E-state index contributed by atoms with van der Waals surface area (Å²) in [7, 11) is 3.25. The molecule has 1 atom stereocenters. The molecule has 1 aliphatic rings. The summed E-state index contributed by atoms with van der Waals surface area (Å²) in [5, 5.41) is 0. The summed E-state index contributed by atoms with van der Waals surface area (Å²) in [6.07, 6.45) is 4.49. The monoisotopic (exact) mass is 369 g/mol. The fourth-order valence-electron chi connectivity index (χ4n) is 3.58. The van der Waals surface area contributed by atoms with E-state index in [0.717, 1.165) is 38.9 Å². The minimum atomic E-state index is -0.291. The van der Waals surface area contributed by atoms with Crippen molar-refractivity contribution in [2.24, 2.45) is 0 Å². The molecule has 3 rings (SSSR count). The van der Waals surface area contributed by atoms with Crippen molar-refractivity contribution in [2.75, 3.05) is 33.8 Å². The molecule has 6 nitrogen and oxygen atoms in total. The zero-order chi connectivity index (χ0) is 19.2. The fraction of sp³-hybridized carbons (Fsp3) is 0.429. The Balaban J connectivity index is 1.60. The second-order valence-corrected chi connectivity index (χ2v) is 7.03. The van der Waals surface area contributed by atoms with Gasteiger partial charge in [0.25, 0.3) is 5.91 Å². The number of likely N-dealkylation sites (N-methyl/N-ethyl adjacent to an activating group) is 1. The molecule has 1 fully saturated rings. The van der Waals surface area contributed by atoms with Gasteiger partial charge in [0, 0.05) is 38.4 Å². The number of hydrogen-bond acceptors (Lipinski definition) is 4. The highest BCUT2D eigenvalue weighted by Crippen LogP contribution is 2.17. The van der Waals surface area contributed by atoms with Gasteiger partial charge < -0.3 is 19.5 Å². The van der Waals surface area contributed by atoms with Crippen LogP contribution in [0.1, 0.15) is 28.9 Å². The zero-order valence-corrected chi connectivity index (χ0v) is 16.0. The molecular weight excluding hydrogens is 342 g/mol. The number of nitrogens with one attached hydrogen (secondary N) is 1. The number of likely N-dealkylation sites (tertiary alicyclic amines) is 1. The van der Waals surface area contributed by atoms with E-state index in [1.807, 2.05) is 13.1 Å². The van der Waals surface area contributed by atoms with Crippen molar-refractivity contribution in [1.82, 2.24) is 14.8 Å². The highest BCUT2D eigenvalue weighted by molar-refractivity contribution is 5.92. The Morgan fingerprint density at radius 2 is 2.11 bits per heavy atom. The third-order valence-electron chi connectivity index (χ3n) is 5.24. The summed E-state index contributed by atoms with van der Waals surface area (Å²) in [5.41, 5.74) is 1.34. The van der Waals surface area contributed by atoms with Gasteiger partial charge in [0.15, 0.2) is 5.75 Å². The molecule has 6 heteroatoms. The van der Waals surface area contributed by atoms with Crippen molar-refractivity contribution < 1.29 is 9.53 Å². The maximum Gasteiger partial charge on any atom is 0.270 e. The van der Waals surface area contributed by atoms with E-state index in [1.165, 1.54) is 24.9 Å². The molecule has 1 saturated heterocycles. The summed E-state index contributed by atoms with van der Waals surface area (Å²) >= 11 is 0. The van der Waals surface area contributed by atoms with Crippen LogP contribution in [0.2, 0.25) is 0 Å². The van der Waals surface area contributed by atoms with Gasteiger partial charge in [0.05, 0.1) is 7.11 Å². The normalized spacial score (nSPS) is 17.5. The SMILES string of the molecule is COc1c[nH]c(C(=O)N(C)[C@@H]2CCCN(CCc3ccccc3)C2)cc1=O. The lowest BCUT2D eigenvalue weighted by Gasteiger charge is -2.37. The number of methoxy groups -OCH3 is 1. The molecule has 27 heavy (non-hydrogen) atoms. The minimum absolute atomic E-state index is 0.146. The van der Waals surface area contributed by atoms with Crippen LogP contribution in [0, 0.1) is 0 Å². The van der Waals surface area contributed by atoms with Crippen molar-refractivity contribution in [1.29, 1.82) is 0 Å². The van der Waals surface area contributed by atoms with E-state index in [2.05, 4.69) is 34.1 Å².